The molecule has 0 bridgehead atoms. The Bertz CT molecular complexity index is 1300. The first-order valence-corrected chi connectivity index (χ1v) is 14.3. The Hall–Kier alpha value is -3.57. The highest BCUT2D eigenvalue weighted by molar-refractivity contribution is 5.60. The third-order valence-corrected chi connectivity index (χ3v) is 6.73. The highest BCUT2D eigenvalue weighted by Gasteiger charge is 2.40. The minimum absolute atomic E-state index is 0.00983. The lowest BCUT2D eigenvalue weighted by Crippen LogP contribution is -2.52. The smallest absolute Gasteiger partial charge is 0.494 e. The zero-order valence-corrected chi connectivity index (χ0v) is 24.7. The molecular weight excluding hydrogens is 560 g/mol. The molecule has 1 fully saturated rings. The molecule has 0 saturated carbocycles. The number of rotatable bonds is 12. The third kappa shape index (κ3) is 10.3. The number of halogens is 2. The standard InChI is InChI=1S/C33H39F2NO7/c1-33(2,3)42-32(38)43-36-19-29(37)31(30(20-36)41-22-25-10-13-26(34)18-28(25)35)24-11-14-27(15-12-24)40-17-7-16-39-21-23-8-5-4-6-9-23/h4-6,8-15,18,29-31,37H,7,16-17,19-22H2,1-3H3. The largest absolute Gasteiger partial charge is 0.528 e. The van der Waals surface area contributed by atoms with Crippen molar-refractivity contribution in [2.75, 3.05) is 26.3 Å². The fourth-order valence-corrected chi connectivity index (χ4v) is 4.74. The van der Waals surface area contributed by atoms with Crippen molar-refractivity contribution in [2.24, 2.45) is 0 Å². The normalized spacial score (nSPS) is 19.2. The van der Waals surface area contributed by atoms with E-state index in [0.717, 1.165) is 29.7 Å². The number of aliphatic hydroxyl groups is 1. The van der Waals surface area contributed by atoms with E-state index in [2.05, 4.69) is 0 Å². The van der Waals surface area contributed by atoms with Crippen molar-refractivity contribution < 1.29 is 42.5 Å². The van der Waals surface area contributed by atoms with Crippen LogP contribution in [0.4, 0.5) is 13.6 Å². The van der Waals surface area contributed by atoms with Gasteiger partial charge in [-0.25, -0.2) is 13.6 Å². The van der Waals surface area contributed by atoms with Crippen LogP contribution < -0.4 is 4.74 Å². The molecule has 232 valence electrons. The van der Waals surface area contributed by atoms with Crippen LogP contribution in [0.25, 0.3) is 0 Å². The molecule has 3 aromatic carbocycles. The maximum absolute atomic E-state index is 14.3. The number of hydroxylamine groups is 2. The predicted octanol–water partition coefficient (Wildman–Crippen LogP) is 6.16. The van der Waals surface area contributed by atoms with Gasteiger partial charge in [-0.1, -0.05) is 48.5 Å². The first kappa shape index (κ1) is 32.3. The van der Waals surface area contributed by atoms with Crippen LogP contribution in [-0.4, -0.2) is 60.4 Å². The average molecular weight is 600 g/mol. The fourth-order valence-electron chi connectivity index (χ4n) is 4.74. The molecule has 1 aliphatic rings. The molecule has 43 heavy (non-hydrogen) atoms. The van der Waals surface area contributed by atoms with E-state index in [1.807, 2.05) is 54.6 Å². The van der Waals surface area contributed by atoms with Gasteiger partial charge < -0.3 is 28.9 Å². The highest BCUT2D eigenvalue weighted by atomic mass is 19.1. The molecule has 3 aromatic rings. The summed E-state index contributed by atoms with van der Waals surface area (Å²) in [5.41, 5.74) is 1.29. The summed E-state index contributed by atoms with van der Waals surface area (Å²) in [6.45, 7) is 6.66. The summed E-state index contributed by atoms with van der Waals surface area (Å²) in [6, 6.07) is 20.5. The first-order valence-electron chi connectivity index (χ1n) is 14.3. The molecule has 1 N–H and O–H groups in total. The molecule has 0 amide bonds. The Morgan fingerprint density at radius 3 is 2.40 bits per heavy atom. The number of carbonyl (C=O) groups is 1. The minimum Gasteiger partial charge on any atom is -0.494 e. The van der Waals surface area contributed by atoms with E-state index in [4.69, 9.17) is 23.8 Å². The Labute approximate surface area is 251 Å². The summed E-state index contributed by atoms with van der Waals surface area (Å²) < 4.78 is 50.6. The zero-order valence-electron chi connectivity index (χ0n) is 24.7. The zero-order chi connectivity index (χ0) is 30.8. The molecule has 3 atom stereocenters. The third-order valence-electron chi connectivity index (χ3n) is 6.73. The molecule has 1 saturated heterocycles. The lowest BCUT2D eigenvalue weighted by molar-refractivity contribution is -0.201. The van der Waals surface area contributed by atoms with Gasteiger partial charge in [0.1, 0.15) is 23.0 Å². The van der Waals surface area contributed by atoms with Crippen LogP contribution in [0.3, 0.4) is 0 Å². The van der Waals surface area contributed by atoms with Gasteiger partial charge in [0.15, 0.2) is 0 Å². The van der Waals surface area contributed by atoms with Crippen LogP contribution in [-0.2, 0) is 32.3 Å². The summed E-state index contributed by atoms with van der Waals surface area (Å²) >= 11 is 0. The van der Waals surface area contributed by atoms with Crippen LogP contribution >= 0.6 is 0 Å². The van der Waals surface area contributed by atoms with Gasteiger partial charge in [-0.05, 0) is 50.1 Å². The number of benzene rings is 3. The summed E-state index contributed by atoms with van der Waals surface area (Å²) in [4.78, 5) is 17.6. The summed E-state index contributed by atoms with van der Waals surface area (Å²) in [7, 11) is 0. The number of β-amino-alcohol motifs (C(OH)–C–C–N with tert-alkyl or cyclic N) is 1. The molecule has 8 nitrogen and oxygen atoms in total. The second-order valence-electron chi connectivity index (χ2n) is 11.4. The van der Waals surface area contributed by atoms with E-state index in [9.17, 15) is 18.7 Å². The minimum atomic E-state index is -0.993. The average Bonchev–Trinajstić information content (AvgIpc) is 2.94. The topological polar surface area (TPSA) is 86.7 Å². The molecular formula is C33H39F2NO7. The van der Waals surface area contributed by atoms with Crippen molar-refractivity contribution in [3.05, 3.63) is 101 Å². The van der Waals surface area contributed by atoms with Crippen LogP contribution in [0.15, 0.2) is 72.8 Å². The summed E-state index contributed by atoms with van der Waals surface area (Å²) in [5.74, 6) is -1.28. The first-order chi connectivity index (χ1) is 20.6. The number of hydrogen-bond donors (Lipinski definition) is 1. The van der Waals surface area contributed by atoms with Crippen LogP contribution in [0.5, 0.6) is 5.75 Å². The molecule has 0 radical (unpaired) electrons. The quantitative estimate of drug-likeness (QED) is 0.196. The SMILES string of the molecule is CC(C)(C)OC(=O)ON1CC(O)C(c2ccc(OCCCOCc3ccccc3)cc2)C(OCc2ccc(F)cc2F)C1. The fraction of sp³-hybridized carbons (Fsp3) is 0.424. The second-order valence-corrected chi connectivity index (χ2v) is 11.4. The Morgan fingerprint density at radius 2 is 1.70 bits per heavy atom. The molecule has 0 aromatic heterocycles. The Balaban J connectivity index is 1.36. The summed E-state index contributed by atoms with van der Waals surface area (Å²) in [5, 5.41) is 12.4. The van der Waals surface area contributed by atoms with Gasteiger partial charge in [0.25, 0.3) is 0 Å². The van der Waals surface area contributed by atoms with Crippen molar-refractivity contribution in [3.8, 4) is 5.75 Å². The van der Waals surface area contributed by atoms with Gasteiger partial charge >= 0.3 is 6.16 Å². The van der Waals surface area contributed by atoms with E-state index in [1.54, 1.807) is 20.8 Å². The van der Waals surface area contributed by atoms with Gasteiger partial charge in [0, 0.05) is 24.0 Å². The maximum atomic E-state index is 14.3. The van der Waals surface area contributed by atoms with Crippen LogP contribution in [0.1, 0.15) is 49.8 Å². The number of aliphatic hydroxyl groups excluding tert-OH is 1. The van der Waals surface area contributed by atoms with E-state index < -0.39 is 41.5 Å². The van der Waals surface area contributed by atoms with Gasteiger partial charge in [-0.3, -0.25) is 0 Å². The lowest BCUT2D eigenvalue weighted by atomic mass is 9.85. The molecule has 10 heteroatoms. The van der Waals surface area contributed by atoms with Crippen molar-refractivity contribution in [1.82, 2.24) is 5.06 Å². The number of hydrogen-bond acceptors (Lipinski definition) is 8. The van der Waals surface area contributed by atoms with E-state index >= 15 is 0 Å². The van der Waals surface area contributed by atoms with Gasteiger partial charge in [-0.2, -0.15) is 0 Å². The van der Waals surface area contributed by atoms with Gasteiger partial charge in [0.05, 0.1) is 51.7 Å². The highest BCUT2D eigenvalue weighted by Crippen LogP contribution is 2.33. The van der Waals surface area contributed by atoms with Crippen molar-refractivity contribution >= 4 is 6.16 Å². The van der Waals surface area contributed by atoms with Crippen molar-refractivity contribution in [2.45, 2.75) is 64.1 Å². The lowest BCUT2D eigenvalue weighted by Gasteiger charge is -2.40. The van der Waals surface area contributed by atoms with Gasteiger partial charge in [0.2, 0.25) is 0 Å². The molecule has 1 aliphatic heterocycles. The van der Waals surface area contributed by atoms with Crippen molar-refractivity contribution in [3.63, 3.8) is 0 Å². The number of carbonyl (C=O) groups excluding carboxylic acids is 1. The van der Waals surface area contributed by atoms with E-state index in [1.165, 1.54) is 11.1 Å². The predicted molar refractivity (Wildman–Crippen MR) is 155 cm³/mol. The van der Waals surface area contributed by atoms with Gasteiger partial charge in [-0.15, -0.1) is 5.06 Å². The number of ether oxygens (including phenoxy) is 4. The van der Waals surface area contributed by atoms with Crippen LogP contribution in [0, 0.1) is 11.6 Å². The van der Waals surface area contributed by atoms with E-state index in [-0.39, 0.29) is 25.3 Å². The van der Waals surface area contributed by atoms with Crippen molar-refractivity contribution in [1.29, 1.82) is 0 Å². The number of piperidine rings is 1. The Kier molecular flexibility index (Phi) is 11.5. The molecule has 0 aliphatic carbocycles. The number of nitrogens with zero attached hydrogens (tertiary/aromatic N) is 1. The Morgan fingerprint density at radius 1 is 0.953 bits per heavy atom. The molecule has 4 rings (SSSR count). The monoisotopic (exact) mass is 599 g/mol. The summed E-state index contributed by atoms with van der Waals surface area (Å²) in [6.07, 6.45) is -1.88. The second kappa shape index (κ2) is 15.2. The van der Waals surface area contributed by atoms with Crippen LogP contribution in [0.2, 0.25) is 0 Å². The van der Waals surface area contributed by atoms with E-state index in [0.29, 0.717) is 25.6 Å². The molecule has 1 heterocycles. The molecule has 0 spiro atoms. The molecule has 3 unspecified atom stereocenters. The maximum Gasteiger partial charge on any atom is 0.528 e.